The van der Waals surface area contributed by atoms with Gasteiger partial charge in [-0.3, -0.25) is 4.79 Å². The van der Waals surface area contributed by atoms with Crippen LogP contribution >= 0.6 is 0 Å². The maximum Gasteiger partial charge on any atom is 0.417 e. The molecule has 0 unspecified atom stereocenters. The van der Waals surface area contributed by atoms with Crippen LogP contribution in [0.15, 0.2) is 57.7 Å². The van der Waals surface area contributed by atoms with E-state index in [9.17, 15) is 22.4 Å². The van der Waals surface area contributed by atoms with Crippen LogP contribution in [0.25, 0.3) is 22.3 Å². The van der Waals surface area contributed by atoms with Gasteiger partial charge < -0.3 is 4.42 Å². The molecule has 0 bridgehead atoms. The molecule has 0 aliphatic rings. The molecule has 0 radical (unpaired) electrons. The van der Waals surface area contributed by atoms with Crippen LogP contribution in [0.2, 0.25) is 0 Å². The van der Waals surface area contributed by atoms with Crippen molar-refractivity contribution < 1.29 is 22.0 Å². The molecule has 112 valence electrons. The second-order valence-corrected chi connectivity index (χ2v) is 4.66. The number of hydrogen-bond acceptors (Lipinski definition) is 2. The van der Waals surface area contributed by atoms with Gasteiger partial charge in [0.15, 0.2) is 5.43 Å². The smallest absolute Gasteiger partial charge is 0.417 e. The van der Waals surface area contributed by atoms with Crippen molar-refractivity contribution in [1.29, 1.82) is 0 Å². The average molecular weight is 308 g/mol. The first kappa shape index (κ1) is 14.3. The molecule has 6 heteroatoms. The third-order valence-electron chi connectivity index (χ3n) is 3.19. The van der Waals surface area contributed by atoms with Gasteiger partial charge in [-0.05, 0) is 24.3 Å². The summed E-state index contributed by atoms with van der Waals surface area (Å²) in [6.07, 6.45) is -4.58. The lowest BCUT2D eigenvalue weighted by atomic mass is 10.0. The third-order valence-corrected chi connectivity index (χ3v) is 3.19. The molecule has 0 aliphatic heterocycles. The third kappa shape index (κ3) is 2.47. The fraction of sp³-hybridized carbons (Fsp3) is 0.0625. The second-order valence-electron chi connectivity index (χ2n) is 4.66. The first-order chi connectivity index (χ1) is 10.4. The summed E-state index contributed by atoms with van der Waals surface area (Å²) in [5.41, 5.74) is -1.72. The van der Waals surface area contributed by atoms with Gasteiger partial charge >= 0.3 is 6.18 Å². The summed E-state index contributed by atoms with van der Waals surface area (Å²) in [6, 6.07) is 9.00. The van der Waals surface area contributed by atoms with Crippen molar-refractivity contribution in [2.24, 2.45) is 0 Å². The standard InChI is InChI=1S/C16H8F4O2/c17-9-5-6-14-11(7-9)13(21)8-15(22-14)10-3-1-2-4-12(10)16(18,19)20/h1-8H. The van der Waals surface area contributed by atoms with E-state index in [0.29, 0.717) is 0 Å². The molecule has 0 N–H and O–H groups in total. The Balaban J connectivity index is 2.29. The lowest BCUT2D eigenvalue weighted by Gasteiger charge is -2.12. The summed E-state index contributed by atoms with van der Waals surface area (Å²) in [4.78, 5) is 12.0. The van der Waals surface area contributed by atoms with Crippen LogP contribution in [-0.4, -0.2) is 0 Å². The lowest BCUT2D eigenvalue weighted by molar-refractivity contribution is -0.137. The summed E-state index contributed by atoms with van der Waals surface area (Å²) < 4.78 is 57.6. The molecule has 0 atom stereocenters. The van der Waals surface area contributed by atoms with Crippen LogP contribution in [0.1, 0.15) is 5.56 Å². The normalized spacial score (nSPS) is 11.8. The molecule has 0 aliphatic carbocycles. The quantitative estimate of drug-likeness (QED) is 0.614. The zero-order valence-electron chi connectivity index (χ0n) is 10.9. The molecule has 22 heavy (non-hydrogen) atoms. The monoisotopic (exact) mass is 308 g/mol. The van der Waals surface area contributed by atoms with Crippen molar-refractivity contribution >= 4 is 11.0 Å². The van der Waals surface area contributed by atoms with Crippen LogP contribution in [0.5, 0.6) is 0 Å². The molecule has 0 fully saturated rings. The topological polar surface area (TPSA) is 30.2 Å². The SMILES string of the molecule is O=c1cc(-c2ccccc2C(F)(F)F)oc2ccc(F)cc12. The molecule has 3 rings (SSSR count). The van der Waals surface area contributed by atoms with Gasteiger partial charge in [-0.25, -0.2) is 4.39 Å². The molecule has 1 heterocycles. The number of alkyl halides is 3. The molecule has 0 saturated carbocycles. The van der Waals surface area contributed by atoms with E-state index in [-0.39, 0.29) is 22.3 Å². The number of benzene rings is 2. The van der Waals surface area contributed by atoms with E-state index >= 15 is 0 Å². The van der Waals surface area contributed by atoms with Crippen molar-refractivity contribution in [3.8, 4) is 11.3 Å². The van der Waals surface area contributed by atoms with Crippen LogP contribution in [0.4, 0.5) is 17.6 Å². The van der Waals surface area contributed by atoms with E-state index in [2.05, 4.69) is 0 Å². The van der Waals surface area contributed by atoms with Gasteiger partial charge in [0, 0.05) is 11.6 Å². The predicted molar refractivity (Wildman–Crippen MR) is 72.9 cm³/mol. The zero-order valence-corrected chi connectivity index (χ0v) is 10.9. The highest BCUT2D eigenvalue weighted by Crippen LogP contribution is 2.37. The highest BCUT2D eigenvalue weighted by molar-refractivity contribution is 5.79. The largest absolute Gasteiger partial charge is 0.456 e. The van der Waals surface area contributed by atoms with Crippen molar-refractivity contribution in [3.05, 3.63) is 70.1 Å². The zero-order chi connectivity index (χ0) is 15.9. The van der Waals surface area contributed by atoms with Crippen molar-refractivity contribution in [2.75, 3.05) is 0 Å². The van der Waals surface area contributed by atoms with Gasteiger partial charge in [-0.1, -0.05) is 18.2 Å². The first-order valence-corrected chi connectivity index (χ1v) is 6.26. The minimum atomic E-state index is -4.58. The fourth-order valence-electron chi connectivity index (χ4n) is 2.21. The Morgan fingerprint density at radius 1 is 0.955 bits per heavy atom. The van der Waals surface area contributed by atoms with Gasteiger partial charge in [-0.2, -0.15) is 13.2 Å². The Bertz CT molecular complexity index is 910. The van der Waals surface area contributed by atoms with Crippen molar-refractivity contribution in [1.82, 2.24) is 0 Å². The van der Waals surface area contributed by atoms with Crippen molar-refractivity contribution in [2.45, 2.75) is 6.18 Å². The van der Waals surface area contributed by atoms with E-state index in [0.717, 1.165) is 24.3 Å². The van der Waals surface area contributed by atoms with E-state index in [1.807, 2.05) is 0 Å². The summed E-state index contributed by atoms with van der Waals surface area (Å²) in [5, 5.41) is -0.0201. The van der Waals surface area contributed by atoms with Gasteiger partial charge in [0.05, 0.1) is 10.9 Å². The minimum absolute atomic E-state index is 0.0201. The second kappa shape index (κ2) is 4.98. The molecule has 2 aromatic carbocycles. The first-order valence-electron chi connectivity index (χ1n) is 6.26. The summed E-state index contributed by atoms with van der Waals surface area (Å²) in [7, 11) is 0. The maximum absolute atomic E-state index is 13.1. The average Bonchev–Trinajstić information content (AvgIpc) is 2.47. The Morgan fingerprint density at radius 3 is 2.41 bits per heavy atom. The summed E-state index contributed by atoms with van der Waals surface area (Å²) in [5.74, 6) is -0.833. The van der Waals surface area contributed by atoms with Gasteiger partial charge in [-0.15, -0.1) is 0 Å². The molecular weight excluding hydrogens is 300 g/mol. The molecule has 0 amide bonds. The van der Waals surface area contributed by atoms with Crippen LogP contribution in [0.3, 0.4) is 0 Å². The fourth-order valence-corrected chi connectivity index (χ4v) is 2.21. The van der Waals surface area contributed by atoms with Gasteiger partial charge in [0.1, 0.15) is 17.2 Å². The highest BCUT2D eigenvalue weighted by Gasteiger charge is 2.34. The van der Waals surface area contributed by atoms with E-state index < -0.39 is 23.0 Å². The Kier molecular flexibility index (Phi) is 3.24. The lowest BCUT2D eigenvalue weighted by Crippen LogP contribution is -2.08. The Hall–Kier alpha value is -2.63. The van der Waals surface area contributed by atoms with Crippen LogP contribution < -0.4 is 5.43 Å². The molecule has 3 aromatic rings. The van der Waals surface area contributed by atoms with Gasteiger partial charge in [0.2, 0.25) is 0 Å². The van der Waals surface area contributed by atoms with E-state index in [1.165, 1.54) is 24.3 Å². The Morgan fingerprint density at radius 2 is 1.68 bits per heavy atom. The Labute approximate surface area is 121 Å². The summed E-state index contributed by atoms with van der Waals surface area (Å²) in [6.45, 7) is 0. The number of hydrogen-bond donors (Lipinski definition) is 0. The minimum Gasteiger partial charge on any atom is -0.456 e. The van der Waals surface area contributed by atoms with Crippen LogP contribution in [-0.2, 0) is 6.18 Å². The van der Waals surface area contributed by atoms with Gasteiger partial charge in [0.25, 0.3) is 0 Å². The maximum atomic E-state index is 13.1. The van der Waals surface area contributed by atoms with E-state index in [1.54, 1.807) is 0 Å². The molecule has 1 aromatic heterocycles. The number of halogens is 4. The van der Waals surface area contributed by atoms with Crippen molar-refractivity contribution in [3.63, 3.8) is 0 Å². The van der Waals surface area contributed by atoms with E-state index in [4.69, 9.17) is 4.42 Å². The molecular formula is C16H8F4O2. The van der Waals surface area contributed by atoms with Crippen LogP contribution in [0, 0.1) is 5.82 Å². The molecule has 0 spiro atoms. The molecule has 0 saturated heterocycles. The number of fused-ring (bicyclic) bond motifs is 1. The number of rotatable bonds is 1. The highest BCUT2D eigenvalue weighted by atomic mass is 19.4. The summed E-state index contributed by atoms with van der Waals surface area (Å²) >= 11 is 0. The predicted octanol–water partition coefficient (Wildman–Crippen LogP) is 4.62. The molecule has 2 nitrogen and oxygen atoms in total.